The third-order valence-corrected chi connectivity index (χ3v) is 5.31. The maximum atomic E-state index is 12.1. The van der Waals surface area contributed by atoms with E-state index in [4.69, 9.17) is 9.47 Å². The second-order valence-electron chi connectivity index (χ2n) is 7.01. The number of benzene rings is 2. The molecule has 0 bridgehead atoms. The number of aliphatic hydroxyl groups excluding tert-OH is 1. The Morgan fingerprint density at radius 2 is 1.76 bits per heavy atom. The van der Waals surface area contributed by atoms with E-state index in [1.807, 2.05) is 18.2 Å². The summed E-state index contributed by atoms with van der Waals surface area (Å²) in [5.74, 6) is 1.13. The van der Waals surface area contributed by atoms with Gasteiger partial charge in [-0.05, 0) is 29.8 Å². The molecule has 7 nitrogen and oxygen atoms in total. The van der Waals surface area contributed by atoms with Gasteiger partial charge in [0.1, 0.15) is 11.5 Å². The van der Waals surface area contributed by atoms with Gasteiger partial charge in [0.05, 0.1) is 31.6 Å². The predicted molar refractivity (Wildman–Crippen MR) is 113 cm³/mol. The van der Waals surface area contributed by atoms with Gasteiger partial charge in [0, 0.05) is 39.8 Å². The molecule has 0 aliphatic carbocycles. The summed E-state index contributed by atoms with van der Waals surface area (Å²) in [7, 11) is 4.79. The van der Waals surface area contributed by atoms with Gasteiger partial charge < -0.3 is 24.8 Å². The number of piperazine rings is 1. The van der Waals surface area contributed by atoms with E-state index in [2.05, 4.69) is 21.2 Å². The Bertz CT molecular complexity index is 835. The molecule has 1 atom stereocenters. The standard InChI is InChI=1S/C22H29N3O4/c1-23-22(27)17-14-16(8-9-20(17)28-2)19(26)15-24-10-12-25(13-11-24)18-6-4-5-7-21(18)29-3/h4-9,14,19,26H,10-13,15H2,1-3H3,(H,23,27). The van der Waals surface area contributed by atoms with Crippen molar-refractivity contribution in [3.8, 4) is 11.5 Å². The number of aliphatic hydroxyl groups is 1. The number of anilines is 1. The van der Waals surface area contributed by atoms with Gasteiger partial charge in [0.25, 0.3) is 5.91 Å². The van der Waals surface area contributed by atoms with E-state index in [0.29, 0.717) is 23.4 Å². The Hall–Kier alpha value is -2.77. The molecule has 156 valence electrons. The summed E-state index contributed by atoms with van der Waals surface area (Å²) in [5.41, 5.74) is 2.23. The lowest BCUT2D eigenvalue weighted by Crippen LogP contribution is -2.47. The average Bonchev–Trinajstić information content (AvgIpc) is 2.78. The van der Waals surface area contributed by atoms with Gasteiger partial charge in [-0.2, -0.15) is 0 Å². The molecular weight excluding hydrogens is 370 g/mol. The molecule has 1 saturated heterocycles. The first-order valence-corrected chi connectivity index (χ1v) is 9.75. The van der Waals surface area contributed by atoms with Crippen LogP contribution in [0.15, 0.2) is 42.5 Å². The van der Waals surface area contributed by atoms with Gasteiger partial charge in [-0.25, -0.2) is 0 Å². The monoisotopic (exact) mass is 399 g/mol. The molecule has 1 heterocycles. The van der Waals surface area contributed by atoms with E-state index in [-0.39, 0.29) is 5.91 Å². The molecule has 2 aromatic carbocycles. The lowest BCUT2D eigenvalue weighted by Gasteiger charge is -2.37. The highest BCUT2D eigenvalue weighted by molar-refractivity contribution is 5.97. The Morgan fingerprint density at radius 3 is 2.41 bits per heavy atom. The van der Waals surface area contributed by atoms with Gasteiger partial charge in [-0.15, -0.1) is 0 Å². The molecular formula is C22H29N3O4. The second kappa shape index (κ2) is 9.62. The number of nitrogens with zero attached hydrogens (tertiary/aromatic N) is 2. The van der Waals surface area contributed by atoms with Crippen LogP contribution in [-0.4, -0.2) is 69.9 Å². The van der Waals surface area contributed by atoms with Crippen molar-refractivity contribution in [3.63, 3.8) is 0 Å². The number of ether oxygens (including phenoxy) is 2. The fraction of sp³-hybridized carbons (Fsp3) is 0.409. The van der Waals surface area contributed by atoms with Crippen molar-refractivity contribution < 1.29 is 19.4 Å². The number of para-hydroxylation sites is 2. The maximum absolute atomic E-state index is 12.1. The van der Waals surface area contributed by atoms with Gasteiger partial charge in [0.15, 0.2) is 0 Å². The molecule has 0 radical (unpaired) electrons. The molecule has 0 aromatic heterocycles. The molecule has 0 saturated carbocycles. The van der Waals surface area contributed by atoms with E-state index in [9.17, 15) is 9.90 Å². The van der Waals surface area contributed by atoms with Crippen LogP contribution in [0.1, 0.15) is 22.0 Å². The minimum atomic E-state index is -0.679. The SMILES string of the molecule is CNC(=O)c1cc(C(O)CN2CCN(c3ccccc3OC)CC2)ccc1OC. The van der Waals surface area contributed by atoms with Gasteiger partial charge >= 0.3 is 0 Å². The Morgan fingerprint density at radius 1 is 1.07 bits per heavy atom. The number of amides is 1. The normalized spacial score (nSPS) is 15.7. The van der Waals surface area contributed by atoms with Crippen molar-refractivity contribution in [3.05, 3.63) is 53.6 Å². The number of carbonyl (C=O) groups is 1. The summed E-state index contributed by atoms with van der Waals surface area (Å²) in [6.07, 6.45) is -0.679. The van der Waals surface area contributed by atoms with Crippen molar-refractivity contribution >= 4 is 11.6 Å². The molecule has 29 heavy (non-hydrogen) atoms. The highest BCUT2D eigenvalue weighted by Crippen LogP contribution is 2.29. The summed E-state index contributed by atoms with van der Waals surface area (Å²) >= 11 is 0. The first-order valence-electron chi connectivity index (χ1n) is 9.75. The van der Waals surface area contributed by atoms with Gasteiger partial charge in [0.2, 0.25) is 0 Å². The van der Waals surface area contributed by atoms with Crippen LogP contribution in [0, 0.1) is 0 Å². The number of methoxy groups -OCH3 is 2. The summed E-state index contributed by atoms with van der Waals surface area (Å²) in [6, 6.07) is 13.3. The number of rotatable bonds is 7. The number of hydrogen-bond acceptors (Lipinski definition) is 6. The summed E-state index contributed by atoms with van der Waals surface area (Å²) < 4.78 is 10.7. The van der Waals surface area contributed by atoms with Crippen LogP contribution < -0.4 is 19.7 Å². The minimum absolute atomic E-state index is 0.235. The fourth-order valence-corrected chi connectivity index (χ4v) is 3.66. The second-order valence-corrected chi connectivity index (χ2v) is 7.01. The molecule has 1 fully saturated rings. The van der Waals surface area contributed by atoms with Crippen molar-refractivity contribution in [1.82, 2.24) is 10.2 Å². The number of β-amino-alcohol motifs (C(OH)–C–C–N with tert-alkyl or cyclic N) is 1. The Kier molecular flexibility index (Phi) is 6.95. The smallest absolute Gasteiger partial charge is 0.254 e. The molecule has 3 rings (SSSR count). The third-order valence-electron chi connectivity index (χ3n) is 5.31. The highest BCUT2D eigenvalue weighted by atomic mass is 16.5. The van der Waals surface area contributed by atoms with Crippen LogP contribution >= 0.6 is 0 Å². The molecule has 1 aliphatic rings. The fourth-order valence-electron chi connectivity index (χ4n) is 3.66. The van der Waals surface area contributed by atoms with Crippen molar-refractivity contribution in [1.29, 1.82) is 0 Å². The summed E-state index contributed by atoms with van der Waals surface area (Å²) in [5, 5.41) is 13.3. The number of carbonyl (C=O) groups excluding carboxylic acids is 1. The van der Waals surface area contributed by atoms with Gasteiger partial charge in [-0.3, -0.25) is 9.69 Å². The molecule has 7 heteroatoms. The summed E-state index contributed by atoms with van der Waals surface area (Å²) in [4.78, 5) is 16.6. The van der Waals surface area contributed by atoms with Gasteiger partial charge in [-0.1, -0.05) is 18.2 Å². The lowest BCUT2D eigenvalue weighted by molar-refractivity contribution is 0.0958. The van der Waals surface area contributed by atoms with Crippen molar-refractivity contribution in [2.45, 2.75) is 6.10 Å². The zero-order valence-corrected chi connectivity index (χ0v) is 17.2. The van der Waals surface area contributed by atoms with Crippen molar-refractivity contribution in [2.24, 2.45) is 0 Å². The van der Waals surface area contributed by atoms with E-state index in [1.54, 1.807) is 32.4 Å². The topological polar surface area (TPSA) is 74.3 Å². The van der Waals surface area contributed by atoms with Crippen LogP contribution in [0.2, 0.25) is 0 Å². The zero-order chi connectivity index (χ0) is 20.8. The first kappa shape index (κ1) is 21.0. The van der Waals surface area contributed by atoms with Crippen molar-refractivity contribution in [2.75, 3.05) is 58.9 Å². The number of hydrogen-bond donors (Lipinski definition) is 2. The quantitative estimate of drug-likeness (QED) is 0.741. The number of nitrogens with one attached hydrogen (secondary N) is 1. The molecule has 1 amide bonds. The van der Waals surface area contributed by atoms with Crippen LogP contribution in [0.25, 0.3) is 0 Å². The van der Waals surface area contributed by atoms with E-state index in [0.717, 1.165) is 37.6 Å². The summed E-state index contributed by atoms with van der Waals surface area (Å²) in [6.45, 7) is 3.92. The van der Waals surface area contributed by atoms with E-state index < -0.39 is 6.10 Å². The Balaban J connectivity index is 1.62. The molecule has 0 spiro atoms. The predicted octanol–water partition coefficient (Wildman–Crippen LogP) is 1.92. The van der Waals surface area contributed by atoms with Crippen LogP contribution in [0.4, 0.5) is 5.69 Å². The van der Waals surface area contributed by atoms with E-state index >= 15 is 0 Å². The molecule has 1 aliphatic heterocycles. The lowest BCUT2D eigenvalue weighted by atomic mass is 10.0. The van der Waals surface area contributed by atoms with Crippen LogP contribution in [-0.2, 0) is 0 Å². The minimum Gasteiger partial charge on any atom is -0.496 e. The van der Waals surface area contributed by atoms with Crippen LogP contribution in [0.5, 0.6) is 11.5 Å². The first-order chi connectivity index (χ1) is 14.1. The zero-order valence-electron chi connectivity index (χ0n) is 17.2. The molecule has 2 N–H and O–H groups in total. The van der Waals surface area contributed by atoms with E-state index in [1.165, 1.54) is 7.11 Å². The highest BCUT2D eigenvalue weighted by Gasteiger charge is 2.23. The largest absolute Gasteiger partial charge is 0.496 e. The third kappa shape index (κ3) is 4.81. The Labute approximate surface area is 171 Å². The maximum Gasteiger partial charge on any atom is 0.254 e. The molecule has 2 aromatic rings. The molecule has 1 unspecified atom stereocenters. The average molecular weight is 399 g/mol. The van der Waals surface area contributed by atoms with Crippen LogP contribution in [0.3, 0.4) is 0 Å².